The number of aryl methyl sites for hydroxylation is 2. The molecule has 0 aliphatic carbocycles. The molecule has 2 aromatic heterocycles. The Labute approximate surface area is 125 Å². The molecule has 3 heteroatoms. The molecule has 0 N–H and O–H groups in total. The Morgan fingerprint density at radius 2 is 1.81 bits per heavy atom. The van der Waals surface area contributed by atoms with Crippen LogP contribution in [0, 0.1) is 6.92 Å². The second kappa shape index (κ2) is 5.24. The maximum atomic E-state index is 4.79. The summed E-state index contributed by atoms with van der Waals surface area (Å²) in [6, 6.07) is 12.5. The van der Waals surface area contributed by atoms with Gasteiger partial charge in [0.25, 0.3) is 0 Å². The molecule has 106 valence electrons. The number of hydrogen-bond acceptors (Lipinski definition) is 2. The molecule has 0 saturated heterocycles. The van der Waals surface area contributed by atoms with Gasteiger partial charge in [0, 0.05) is 11.5 Å². The maximum Gasteiger partial charge on any atom is 0.349 e. The third-order valence-corrected chi connectivity index (χ3v) is 3.89. The highest BCUT2D eigenvalue weighted by Gasteiger charge is 2.18. The lowest BCUT2D eigenvalue weighted by molar-refractivity contribution is -0.636. The van der Waals surface area contributed by atoms with E-state index >= 15 is 0 Å². The van der Waals surface area contributed by atoms with Gasteiger partial charge in [0.05, 0.1) is 13.2 Å². The van der Waals surface area contributed by atoms with Gasteiger partial charge < -0.3 is 0 Å². The van der Waals surface area contributed by atoms with Gasteiger partial charge >= 0.3 is 5.65 Å². The number of fused-ring (bicyclic) bond motifs is 1. The van der Waals surface area contributed by atoms with E-state index in [9.17, 15) is 0 Å². The van der Waals surface area contributed by atoms with Crippen LogP contribution in [0.15, 0.2) is 42.6 Å². The lowest BCUT2D eigenvalue weighted by Crippen LogP contribution is -2.34. The molecule has 0 radical (unpaired) electrons. The highest BCUT2D eigenvalue weighted by molar-refractivity contribution is 5.69. The first-order chi connectivity index (χ1) is 10.1. The molecular weight excluding hydrogens is 258 g/mol. The Bertz CT molecular complexity index is 807. The van der Waals surface area contributed by atoms with Gasteiger partial charge in [0.2, 0.25) is 0 Å². The van der Waals surface area contributed by atoms with Crippen molar-refractivity contribution < 1.29 is 4.57 Å². The number of aromatic nitrogens is 3. The number of hydrogen-bond donors (Lipinski definition) is 0. The first kappa shape index (κ1) is 13.7. The number of benzene rings is 1. The maximum absolute atomic E-state index is 4.79. The molecule has 0 unspecified atom stereocenters. The fraction of sp³-hybridized carbons (Fsp3) is 0.278. The van der Waals surface area contributed by atoms with Crippen LogP contribution in [0.1, 0.15) is 31.0 Å². The summed E-state index contributed by atoms with van der Waals surface area (Å²) in [5.41, 5.74) is 6.50. The smallest absolute Gasteiger partial charge is 0.244 e. The van der Waals surface area contributed by atoms with E-state index in [2.05, 4.69) is 73.8 Å². The third-order valence-electron chi connectivity index (χ3n) is 3.89. The summed E-state index contributed by atoms with van der Waals surface area (Å²) in [6.45, 7) is 6.44. The molecule has 2 heterocycles. The predicted octanol–water partition coefficient (Wildman–Crippen LogP) is 3.55. The summed E-state index contributed by atoms with van der Waals surface area (Å²) in [6.07, 6.45) is 1.93. The number of nitrogens with zero attached hydrogens (tertiary/aromatic N) is 3. The molecule has 0 spiro atoms. The van der Waals surface area contributed by atoms with Gasteiger partial charge in [-0.3, -0.25) is 0 Å². The third kappa shape index (κ3) is 2.40. The zero-order valence-corrected chi connectivity index (χ0v) is 13.0. The minimum absolute atomic E-state index is 0.413. The minimum Gasteiger partial charge on any atom is -0.244 e. The molecule has 3 aromatic rings. The SMILES string of the molecule is Cc1ccccc1-c1cnc2ccc(C(C)C)nc2[n+]1C. The summed E-state index contributed by atoms with van der Waals surface area (Å²) in [7, 11) is 2.06. The van der Waals surface area contributed by atoms with Crippen LogP contribution in [-0.4, -0.2) is 9.97 Å². The molecule has 0 amide bonds. The Balaban J connectivity index is 2.26. The molecule has 0 atom stereocenters. The largest absolute Gasteiger partial charge is 0.349 e. The highest BCUT2D eigenvalue weighted by Crippen LogP contribution is 2.21. The lowest BCUT2D eigenvalue weighted by Gasteiger charge is -2.08. The average Bonchev–Trinajstić information content (AvgIpc) is 2.48. The van der Waals surface area contributed by atoms with Crippen molar-refractivity contribution in [2.45, 2.75) is 26.7 Å². The van der Waals surface area contributed by atoms with Crippen LogP contribution in [0.4, 0.5) is 0 Å². The summed E-state index contributed by atoms with van der Waals surface area (Å²) in [4.78, 5) is 9.37. The van der Waals surface area contributed by atoms with Crippen molar-refractivity contribution in [1.82, 2.24) is 9.97 Å². The molecule has 0 aliphatic rings. The molecule has 0 fully saturated rings. The van der Waals surface area contributed by atoms with Crippen molar-refractivity contribution in [2.24, 2.45) is 7.05 Å². The lowest BCUT2D eigenvalue weighted by atomic mass is 10.1. The van der Waals surface area contributed by atoms with Crippen LogP contribution in [0.3, 0.4) is 0 Å². The van der Waals surface area contributed by atoms with Gasteiger partial charge in [0.15, 0.2) is 16.9 Å². The van der Waals surface area contributed by atoms with E-state index in [1.54, 1.807) is 0 Å². The Kier molecular flexibility index (Phi) is 3.42. The van der Waals surface area contributed by atoms with E-state index in [0.29, 0.717) is 5.92 Å². The van der Waals surface area contributed by atoms with E-state index in [0.717, 1.165) is 22.6 Å². The Morgan fingerprint density at radius 3 is 2.52 bits per heavy atom. The fourth-order valence-electron chi connectivity index (χ4n) is 2.57. The Morgan fingerprint density at radius 1 is 1.05 bits per heavy atom. The Hall–Kier alpha value is -2.29. The summed E-state index contributed by atoms with van der Waals surface area (Å²) in [5.74, 6) is 0.413. The monoisotopic (exact) mass is 278 g/mol. The fourth-order valence-corrected chi connectivity index (χ4v) is 2.57. The molecule has 0 bridgehead atoms. The van der Waals surface area contributed by atoms with Gasteiger partial charge in [-0.2, -0.15) is 0 Å². The second-order valence-corrected chi connectivity index (χ2v) is 5.75. The average molecular weight is 278 g/mol. The molecule has 3 rings (SSSR count). The first-order valence-corrected chi connectivity index (χ1v) is 7.29. The van der Waals surface area contributed by atoms with E-state index < -0.39 is 0 Å². The van der Waals surface area contributed by atoms with Crippen molar-refractivity contribution in [3.8, 4) is 11.3 Å². The quantitative estimate of drug-likeness (QED) is 0.671. The molecule has 0 saturated carbocycles. The van der Waals surface area contributed by atoms with Crippen LogP contribution in [0.25, 0.3) is 22.4 Å². The number of rotatable bonds is 2. The van der Waals surface area contributed by atoms with E-state index in [4.69, 9.17) is 4.98 Å². The van der Waals surface area contributed by atoms with Gasteiger partial charge in [-0.05, 0) is 29.6 Å². The van der Waals surface area contributed by atoms with Crippen molar-refractivity contribution >= 4 is 11.2 Å². The van der Waals surface area contributed by atoms with Crippen molar-refractivity contribution in [3.05, 3.63) is 53.9 Å². The van der Waals surface area contributed by atoms with Crippen LogP contribution >= 0.6 is 0 Å². The standard InChI is InChI=1S/C18H20N3/c1-12(2)15-9-10-16-18(20-15)21(4)17(11-19-16)14-8-6-5-7-13(14)3/h5-12H,1-4H3/q+1. The van der Waals surface area contributed by atoms with Gasteiger partial charge in [-0.25, -0.2) is 9.55 Å². The molecule has 3 nitrogen and oxygen atoms in total. The normalized spacial score (nSPS) is 11.3. The van der Waals surface area contributed by atoms with Crippen LogP contribution in [0.2, 0.25) is 0 Å². The topological polar surface area (TPSA) is 29.7 Å². The first-order valence-electron chi connectivity index (χ1n) is 7.29. The van der Waals surface area contributed by atoms with Crippen LogP contribution < -0.4 is 4.57 Å². The van der Waals surface area contributed by atoms with Gasteiger partial charge in [0.1, 0.15) is 0 Å². The zero-order chi connectivity index (χ0) is 15.0. The summed E-state index contributed by atoms with van der Waals surface area (Å²) in [5, 5.41) is 0. The summed E-state index contributed by atoms with van der Waals surface area (Å²) >= 11 is 0. The van der Waals surface area contributed by atoms with Crippen LogP contribution in [-0.2, 0) is 7.05 Å². The highest BCUT2D eigenvalue weighted by atomic mass is 15.0. The van der Waals surface area contributed by atoms with Crippen molar-refractivity contribution in [3.63, 3.8) is 0 Å². The molecular formula is C18H20N3+. The van der Waals surface area contributed by atoms with Gasteiger partial charge in [-0.15, -0.1) is 0 Å². The molecule has 1 aromatic carbocycles. The minimum atomic E-state index is 0.413. The predicted molar refractivity (Wildman–Crippen MR) is 85.0 cm³/mol. The van der Waals surface area contributed by atoms with Crippen molar-refractivity contribution in [1.29, 1.82) is 0 Å². The van der Waals surface area contributed by atoms with E-state index in [1.807, 2.05) is 6.20 Å². The molecule has 0 aliphatic heterocycles. The van der Waals surface area contributed by atoms with E-state index in [1.165, 1.54) is 11.1 Å². The van der Waals surface area contributed by atoms with Gasteiger partial charge in [-0.1, -0.05) is 38.1 Å². The van der Waals surface area contributed by atoms with Crippen molar-refractivity contribution in [2.75, 3.05) is 0 Å². The zero-order valence-electron chi connectivity index (χ0n) is 13.0. The number of pyridine rings is 1. The van der Waals surface area contributed by atoms with E-state index in [-0.39, 0.29) is 0 Å². The second-order valence-electron chi connectivity index (χ2n) is 5.75. The molecule has 21 heavy (non-hydrogen) atoms. The summed E-state index contributed by atoms with van der Waals surface area (Å²) < 4.78 is 2.14. The van der Waals surface area contributed by atoms with Crippen LogP contribution in [0.5, 0.6) is 0 Å².